The second-order valence-corrected chi connectivity index (χ2v) is 4.40. The van der Waals surface area contributed by atoms with Crippen molar-refractivity contribution < 1.29 is 14.7 Å². The van der Waals surface area contributed by atoms with E-state index in [2.05, 4.69) is 0 Å². The molecule has 0 aromatic heterocycles. The summed E-state index contributed by atoms with van der Waals surface area (Å²) in [5.74, 6) is -0.864. The minimum absolute atomic E-state index is 0.00333. The molecule has 0 saturated carbocycles. The largest absolute Gasteiger partial charge is 0.479 e. The molecule has 1 N–H and O–H groups in total. The van der Waals surface area contributed by atoms with E-state index in [1.54, 1.807) is 4.90 Å². The van der Waals surface area contributed by atoms with Crippen molar-refractivity contribution in [2.75, 3.05) is 6.54 Å². The lowest BCUT2D eigenvalue weighted by Crippen LogP contribution is -2.56. The number of hydrogen-bond donors (Lipinski definition) is 1. The van der Waals surface area contributed by atoms with Gasteiger partial charge in [-0.3, -0.25) is 4.79 Å². The Bertz CT molecular complexity index is 271. The lowest BCUT2D eigenvalue weighted by molar-refractivity contribution is -0.160. The predicted molar refractivity (Wildman–Crippen MR) is 61.1 cm³/mol. The van der Waals surface area contributed by atoms with Crippen molar-refractivity contribution >= 4 is 11.9 Å². The maximum atomic E-state index is 11.9. The Kier molecular flexibility index (Phi) is 4.33. The van der Waals surface area contributed by atoms with E-state index in [0.717, 1.165) is 19.3 Å². The van der Waals surface area contributed by atoms with Crippen LogP contribution < -0.4 is 0 Å². The second-order valence-electron chi connectivity index (χ2n) is 4.40. The number of hydrogen-bond acceptors (Lipinski definition) is 2. The van der Waals surface area contributed by atoms with Crippen LogP contribution in [-0.2, 0) is 9.59 Å². The zero-order valence-electron chi connectivity index (χ0n) is 10.2. The second kappa shape index (κ2) is 5.32. The predicted octanol–water partition coefficient (Wildman–Crippen LogP) is 2.03. The summed E-state index contributed by atoms with van der Waals surface area (Å²) in [5, 5.41) is 9.39. The number of carboxylic acid groups (broad SMARTS) is 1. The maximum Gasteiger partial charge on any atom is 0.329 e. The molecule has 1 amide bonds. The molecule has 4 nitrogen and oxygen atoms in total. The summed E-state index contributed by atoms with van der Waals surface area (Å²) in [7, 11) is 0. The molecule has 1 heterocycles. The maximum absolute atomic E-state index is 11.9. The van der Waals surface area contributed by atoms with E-state index in [0.29, 0.717) is 25.8 Å². The van der Waals surface area contributed by atoms with Crippen molar-refractivity contribution in [2.24, 2.45) is 0 Å². The number of aliphatic carboxylic acids is 1. The van der Waals surface area contributed by atoms with Gasteiger partial charge in [-0.25, -0.2) is 4.79 Å². The van der Waals surface area contributed by atoms with E-state index in [1.807, 2.05) is 13.8 Å². The summed E-state index contributed by atoms with van der Waals surface area (Å²) < 4.78 is 0. The number of nitrogens with zero attached hydrogens (tertiary/aromatic N) is 1. The fourth-order valence-electron chi connectivity index (χ4n) is 2.48. The van der Waals surface area contributed by atoms with Crippen LogP contribution in [0, 0.1) is 0 Å². The van der Waals surface area contributed by atoms with Crippen molar-refractivity contribution in [3.05, 3.63) is 0 Å². The van der Waals surface area contributed by atoms with Gasteiger partial charge in [0.2, 0.25) is 5.91 Å². The highest BCUT2D eigenvalue weighted by molar-refractivity contribution is 5.87. The zero-order valence-corrected chi connectivity index (χ0v) is 10.2. The fourth-order valence-corrected chi connectivity index (χ4v) is 2.48. The number of carboxylic acids is 1. The molecule has 4 heteroatoms. The third-order valence-corrected chi connectivity index (χ3v) is 3.66. The van der Waals surface area contributed by atoms with Crippen molar-refractivity contribution in [3.63, 3.8) is 0 Å². The lowest BCUT2D eigenvalue weighted by atomic mass is 9.90. The van der Waals surface area contributed by atoms with Gasteiger partial charge in [0.15, 0.2) is 0 Å². The molecule has 0 aromatic rings. The van der Waals surface area contributed by atoms with Gasteiger partial charge in [-0.2, -0.15) is 0 Å². The Balaban J connectivity index is 2.99. The van der Waals surface area contributed by atoms with Crippen molar-refractivity contribution in [1.29, 1.82) is 0 Å². The van der Waals surface area contributed by atoms with Crippen LogP contribution in [0.1, 0.15) is 52.4 Å². The van der Waals surface area contributed by atoms with Crippen LogP contribution in [0.15, 0.2) is 0 Å². The SMILES string of the molecule is CCC(CC)(C(=O)O)N1CCCCCC1=O. The molecule has 0 bridgehead atoms. The van der Waals surface area contributed by atoms with Gasteiger partial charge in [0.25, 0.3) is 0 Å². The first-order valence-electron chi connectivity index (χ1n) is 6.12. The van der Waals surface area contributed by atoms with Gasteiger partial charge in [0, 0.05) is 13.0 Å². The fraction of sp³-hybridized carbons (Fsp3) is 0.833. The quantitative estimate of drug-likeness (QED) is 0.799. The van der Waals surface area contributed by atoms with Crippen molar-refractivity contribution in [1.82, 2.24) is 4.90 Å². The first-order chi connectivity index (χ1) is 7.58. The third-order valence-electron chi connectivity index (χ3n) is 3.66. The van der Waals surface area contributed by atoms with Gasteiger partial charge in [0.05, 0.1) is 0 Å². The van der Waals surface area contributed by atoms with Crippen molar-refractivity contribution in [3.8, 4) is 0 Å². The monoisotopic (exact) mass is 227 g/mol. The highest BCUT2D eigenvalue weighted by atomic mass is 16.4. The molecule has 92 valence electrons. The molecule has 0 atom stereocenters. The topological polar surface area (TPSA) is 57.6 Å². The van der Waals surface area contributed by atoms with Gasteiger partial charge >= 0.3 is 5.97 Å². The number of carbonyl (C=O) groups is 2. The van der Waals surface area contributed by atoms with Crippen LogP contribution in [0.25, 0.3) is 0 Å². The number of rotatable bonds is 4. The molecule has 1 rings (SSSR count). The first kappa shape index (κ1) is 13.0. The van der Waals surface area contributed by atoms with Crippen LogP contribution >= 0.6 is 0 Å². The molecule has 1 aliphatic heterocycles. The van der Waals surface area contributed by atoms with E-state index in [9.17, 15) is 14.7 Å². The molecular weight excluding hydrogens is 206 g/mol. The third kappa shape index (κ3) is 2.20. The summed E-state index contributed by atoms with van der Waals surface area (Å²) in [4.78, 5) is 25.0. The van der Waals surface area contributed by atoms with Crippen LogP contribution in [0.2, 0.25) is 0 Å². The molecular formula is C12H21NO3. The van der Waals surface area contributed by atoms with Crippen molar-refractivity contribution in [2.45, 2.75) is 57.9 Å². The number of carbonyl (C=O) groups excluding carboxylic acids is 1. The van der Waals surface area contributed by atoms with Gasteiger partial charge in [-0.05, 0) is 25.7 Å². The molecule has 0 unspecified atom stereocenters. The Hall–Kier alpha value is -1.06. The molecule has 1 fully saturated rings. The van der Waals surface area contributed by atoms with E-state index >= 15 is 0 Å². The summed E-state index contributed by atoms with van der Waals surface area (Å²) in [6, 6.07) is 0. The highest BCUT2D eigenvalue weighted by Crippen LogP contribution is 2.28. The van der Waals surface area contributed by atoms with Gasteiger partial charge in [-0.1, -0.05) is 20.3 Å². The lowest BCUT2D eigenvalue weighted by Gasteiger charge is -2.39. The minimum Gasteiger partial charge on any atom is -0.479 e. The summed E-state index contributed by atoms with van der Waals surface area (Å²) >= 11 is 0. The Morgan fingerprint density at radius 1 is 1.31 bits per heavy atom. The number of amides is 1. The van der Waals surface area contributed by atoms with E-state index in [1.165, 1.54) is 0 Å². The van der Waals surface area contributed by atoms with Gasteiger partial charge in [-0.15, -0.1) is 0 Å². The molecule has 16 heavy (non-hydrogen) atoms. The Morgan fingerprint density at radius 2 is 1.94 bits per heavy atom. The Labute approximate surface area is 96.6 Å². The van der Waals surface area contributed by atoms with Crippen LogP contribution in [0.5, 0.6) is 0 Å². The summed E-state index contributed by atoms with van der Waals surface area (Å²) in [6.07, 6.45) is 4.27. The normalized spacial score (nSPS) is 18.4. The molecule has 0 radical (unpaired) electrons. The average molecular weight is 227 g/mol. The average Bonchev–Trinajstić information content (AvgIpc) is 2.47. The molecule has 1 saturated heterocycles. The van der Waals surface area contributed by atoms with Gasteiger partial charge in [0.1, 0.15) is 5.54 Å². The molecule has 1 aliphatic rings. The van der Waals surface area contributed by atoms with E-state index in [-0.39, 0.29) is 5.91 Å². The van der Waals surface area contributed by atoms with E-state index in [4.69, 9.17) is 0 Å². The van der Waals surface area contributed by atoms with E-state index < -0.39 is 11.5 Å². The summed E-state index contributed by atoms with van der Waals surface area (Å²) in [5.41, 5.74) is -0.985. The van der Waals surface area contributed by atoms with Crippen LogP contribution in [0.4, 0.5) is 0 Å². The minimum atomic E-state index is -0.985. The summed E-state index contributed by atoms with van der Waals surface area (Å²) in [6.45, 7) is 4.28. The molecule has 0 aromatic carbocycles. The number of likely N-dealkylation sites (tertiary alicyclic amines) is 1. The van der Waals surface area contributed by atoms with Crippen LogP contribution in [0.3, 0.4) is 0 Å². The Morgan fingerprint density at radius 3 is 2.44 bits per heavy atom. The van der Waals surface area contributed by atoms with Crippen LogP contribution in [-0.4, -0.2) is 34.0 Å². The highest BCUT2D eigenvalue weighted by Gasteiger charge is 2.43. The standard InChI is InChI=1S/C12H21NO3/c1-3-12(4-2,11(15)16)13-9-7-5-6-8-10(13)14/h3-9H2,1-2H3,(H,15,16). The zero-order chi connectivity index (χ0) is 12.2. The molecule has 0 aliphatic carbocycles. The smallest absolute Gasteiger partial charge is 0.329 e. The first-order valence-corrected chi connectivity index (χ1v) is 6.12. The molecule has 0 spiro atoms. The van der Waals surface area contributed by atoms with Gasteiger partial charge < -0.3 is 10.0 Å².